The molecule has 0 aliphatic carbocycles. The van der Waals surface area contributed by atoms with Crippen LogP contribution in [0, 0.1) is 5.92 Å². The van der Waals surface area contributed by atoms with E-state index in [0.717, 1.165) is 45.6 Å². The van der Waals surface area contributed by atoms with E-state index in [1.165, 1.54) is 11.1 Å². The Morgan fingerprint density at radius 1 is 1.05 bits per heavy atom. The first-order valence-electron chi connectivity index (χ1n) is 8.22. The molecule has 3 nitrogen and oxygen atoms in total. The molecule has 0 atom stereocenters. The van der Waals surface area contributed by atoms with E-state index in [1.54, 1.807) is 0 Å². The first-order valence-corrected chi connectivity index (χ1v) is 8.22. The number of rotatable bonds is 8. The highest BCUT2D eigenvalue weighted by Crippen LogP contribution is 2.12. The molecule has 1 N–H and O–H groups in total. The Bertz CT molecular complexity index is 383. The Morgan fingerprint density at radius 2 is 1.67 bits per heavy atom. The fourth-order valence-corrected chi connectivity index (χ4v) is 2.42. The average Bonchev–Trinajstić information content (AvgIpc) is 2.51. The van der Waals surface area contributed by atoms with Gasteiger partial charge in [-0.05, 0) is 49.4 Å². The first kappa shape index (κ1) is 16.5. The lowest BCUT2D eigenvalue weighted by molar-refractivity contribution is 0.0212. The van der Waals surface area contributed by atoms with Crippen molar-refractivity contribution in [3.05, 3.63) is 35.4 Å². The molecule has 21 heavy (non-hydrogen) atoms. The van der Waals surface area contributed by atoms with Crippen molar-refractivity contribution in [1.29, 1.82) is 0 Å². The highest BCUT2D eigenvalue weighted by atomic mass is 16.5. The predicted octanol–water partition coefficient (Wildman–Crippen LogP) is 3.52. The second-order valence-electron chi connectivity index (χ2n) is 6.31. The van der Waals surface area contributed by atoms with Crippen molar-refractivity contribution in [2.24, 2.45) is 5.92 Å². The molecule has 0 radical (unpaired) electrons. The molecule has 1 fully saturated rings. The molecule has 0 unspecified atom stereocenters. The minimum atomic E-state index is 0.422. The van der Waals surface area contributed by atoms with Crippen molar-refractivity contribution in [2.75, 3.05) is 19.7 Å². The lowest BCUT2D eigenvalue weighted by Crippen LogP contribution is -2.32. The summed E-state index contributed by atoms with van der Waals surface area (Å²) in [6.45, 7) is 8.88. The van der Waals surface area contributed by atoms with E-state index in [9.17, 15) is 0 Å². The first-order chi connectivity index (χ1) is 10.2. The number of piperidine rings is 1. The van der Waals surface area contributed by atoms with Crippen LogP contribution in [0.2, 0.25) is 0 Å². The number of benzene rings is 1. The van der Waals surface area contributed by atoms with Crippen LogP contribution in [0.15, 0.2) is 24.3 Å². The standard InChI is InChI=1S/C18H29NO2/c1-15(2)9-12-20-13-16-3-5-17(6-4-16)14-21-18-7-10-19-11-8-18/h3-6,15,18-19H,7-14H2,1-2H3. The van der Waals surface area contributed by atoms with E-state index in [4.69, 9.17) is 9.47 Å². The van der Waals surface area contributed by atoms with Gasteiger partial charge in [-0.15, -0.1) is 0 Å². The van der Waals surface area contributed by atoms with Crippen LogP contribution in [0.3, 0.4) is 0 Å². The van der Waals surface area contributed by atoms with Crippen LogP contribution in [0.5, 0.6) is 0 Å². The van der Waals surface area contributed by atoms with Crippen molar-refractivity contribution in [3.8, 4) is 0 Å². The second-order valence-corrected chi connectivity index (χ2v) is 6.31. The Hall–Kier alpha value is -0.900. The van der Waals surface area contributed by atoms with Crippen LogP contribution < -0.4 is 5.32 Å². The molecule has 0 bridgehead atoms. The van der Waals surface area contributed by atoms with Crippen molar-refractivity contribution in [2.45, 2.75) is 52.4 Å². The number of ether oxygens (including phenoxy) is 2. The molecule has 0 spiro atoms. The van der Waals surface area contributed by atoms with Gasteiger partial charge in [0.25, 0.3) is 0 Å². The zero-order chi connectivity index (χ0) is 14.9. The van der Waals surface area contributed by atoms with Gasteiger partial charge in [0.1, 0.15) is 0 Å². The topological polar surface area (TPSA) is 30.5 Å². The summed E-state index contributed by atoms with van der Waals surface area (Å²) in [4.78, 5) is 0. The van der Waals surface area contributed by atoms with E-state index in [0.29, 0.717) is 18.6 Å². The smallest absolute Gasteiger partial charge is 0.0720 e. The van der Waals surface area contributed by atoms with Crippen LogP contribution in [0.25, 0.3) is 0 Å². The van der Waals surface area contributed by atoms with Crippen LogP contribution in [-0.4, -0.2) is 25.8 Å². The third-order valence-corrected chi connectivity index (χ3v) is 3.90. The average molecular weight is 291 g/mol. The molecule has 0 saturated carbocycles. The Labute approximate surface area is 129 Å². The fraction of sp³-hybridized carbons (Fsp3) is 0.667. The Balaban J connectivity index is 1.66. The highest BCUT2D eigenvalue weighted by molar-refractivity contribution is 5.21. The molecular formula is C18H29NO2. The fourth-order valence-electron chi connectivity index (χ4n) is 2.42. The minimum Gasteiger partial charge on any atom is -0.377 e. The maximum absolute atomic E-state index is 5.96. The molecule has 1 aromatic carbocycles. The second kappa shape index (κ2) is 9.19. The summed E-state index contributed by atoms with van der Waals surface area (Å²) in [6.07, 6.45) is 3.80. The zero-order valence-corrected chi connectivity index (χ0v) is 13.4. The van der Waals surface area contributed by atoms with Gasteiger partial charge in [0.2, 0.25) is 0 Å². The zero-order valence-electron chi connectivity index (χ0n) is 13.4. The van der Waals surface area contributed by atoms with Crippen molar-refractivity contribution >= 4 is 0 Å². The van der Waals surface area contributed by atoms with E-state index in [2.05, 4.69) is 43.4 Å². The van der Waals surface area contributed by atoms with Crippen molar-refractivity contribution in [3.63, 3.8) is 0 Å². The summed E-state index contributed by atoms with van der Waals surface area (Å²) in [5.74, 6) is 0.708. The summed E-state index contributed by atoms with van der Waals surface area (Å²) in [5.41, 5.74) is 2.49. The summed E-state index contributed by atoms with van der Waals surface area (Å²) in [6, 6.07) is 8.61. The number of nitrogens with one attached hydrogen (secondary N) is 1. The van der Waals surface area contributed by atoms with Gasteiger partial charge in [-0.25, -0.2) is 0 Å². The third kappa shape index (κ3) is 6.60. The maximum Gasteiger partial charge on any atom is 0.0720 e. The summed E-state index contributed by atoms with van der Waals surface area (Å²) < 4.78 is 11.6. The molecule has 1 aliphatic heterocycles. The largest absolute Gasteiger partial charge is 0.377 e. The maximum atomic E-state index is 5.96. The lowest BCUT2D eigenvalue weighted by Gasteiger charge is -2.23. The summed E-state index contributed by atoms with van der Waals surface area (Å²) >= 11 is 0. The van der Waals surface area contributed by atoms with Gasteiger partial charge >= 0.3 is 0 Å². The van der Waals surface area contributed by atoms with E-state index in [-0.39, 0.29) is 0 Å². The van der Waals surface area contributed by atoms with E-state index >= 15 is 0 Å². The van der Waals surface area contributed by atoms with Gasteiger partial charge in [0.15, 0.2) is 0 Å². The van der Waals surface area contributed by atoms with Gasteiger partial charge < -0.3 is 14.8 Å². The van der Waals surface area contributed by atoms with Crippen LogP contribution >= 0.6 is 0 Å². The quantitative estimate of drug-likeness (QED) is 0.743. The monoisotopic (exact) mass is 291 g/mol. The van der Waals surface area contributed by atoms with Gasteiger partial charge in [0, 0.05) is 6.61 Å². The Kier molecular flexibility index (Phi) is 7.20. The SMILES string of the molecule is CC(C)CCOCc1ccc(COC2CCNCC2)cc1. The Morgan fingerprint density at radius 3 is 2.29 bits per heavy atom. The summed E-state index contributed by atoms with van der Waals surface area (Å²) in [5, 5.41) is 3.36. The van der Waals surface area contributed by atoms with Crippen LogP contribution in [0.1, 0.15) is 44.2 Å². The summed E-state index contributed by atoms with van der Waals surface area (Å²) in [7, 11) is 0. The van der Waals surface area contributed by atoms with E-state index in [1.807, 2.05) is 0 Å². The molecule has 118 valence electrons. The van der Waals surface area contributed by atoms with Crippen molar-refractivity contribution < 1.29 is 9.47 Å². The molecule has 2 rings (SSSR count). The van der Waals surface area contributed by atoms with Gasteiger partial charge in [-0.3, -0.25) is 0 Å². The third-order valence-electron chi connectivity index (χ3n) is 3.90. The van der Waals surface area contributed by atoms with Gasteiger partial charge in [-0.1, -0.05) is 38.1 Å². The molecule has 0 amide bonds. The molecule has 1 heterocycles. The molecular weight excluding hydrogens is 262 g/mol. The van der Waals surface area contributed by atoms with Crippen LogP contribution in [0.4, 0.5) is 0 Å². The van der Waals surface area contributed by atoms with Crippen molar-refractivity contribution in [1.82, 2.24) is 5.32 Å². The van der Waals surface area contributed by atoms with Gasteiger partial charge in [0.05, 0.1) is 19.3 Å². The highest BCUT2D eigenvalue weighted by Gasteiger charge is 2.12. The van der Waals surface area contributed by atoms with Crippen LogP contribution in [-0.2, 0) is 22.7 Å². The number of hydrogen-bond acceptors (Lipinski definition) is 3. The lowest BCUT2D eigenvalue weighted by atomic mass is 10.1. The molecule has 3 heteroatoms. The van der Waals surface area contributed by atoms with E-state index < -0.39 is 0 Å². The molecule has 0 aromatic heterocycles. The number of hydrogen-bond donors (Lipinski definition) is 1. The predicted molar refractivity (Wildman–Crippen MR) is 86.2 cm³/mol. The van der Waals surface area contributed by atoms with Gasteiger partial charge in [-0.2, -0.15) is 0 Å². The molecule has 1 aliphatic rings. The normalized spacial score (nSPS) is 16.5. The molecule has 1 aromatic rings. The molecule has 1 saturated heterocycles. The minimum absolute atomic E-state index is 0.422.